The number of hydrogen-bond donors (Lipinski definition) is 1. The van der Waals surface area contributed by atoms with E-state index in [0.29, 0.717) is 24.4 Å². The molecule has 0 radical (unpaired) electrons. The maximum atomic E-state index is 12.1. The summed E-state index contributed by atoms with van der Waals surface area (Å²) in [5.74, 6) is 0.647. The van der Waals surface area contributed by atoms with E-state index in [2.05, 4.69) is 0 Å². The predicted octanol–water partition coefficient (Wildman–Crippen LogP) is 0.944. The van der Waals surface area contributed by atoms with E-state index in [9.17, 15) is 9.90 Å². The molecule has 1 aliphatic heterocycles. The number of methoxy groups -OCH3 is 1. The average molecular weight is 235 g/mol. The molecule has 0 amide bonds. The van der Waals surface area contributed by atoms with Gasteiger partial charge in [0.05, 0.1) is 25.3 Å². The molecule has 0 saturated carbocycles. The summed E-state index contributed by atoms with van der Waals surface area (Å²) in [6.07, 6.45) is 0.458. The summed E-state index contributed by atoms with van der Waals surface area (Å²) >= 11 is 0. The van der Waals surface area contributed by atoms with E-state index in [1.807, 2.05) is 17.0 Å². The van der Waals surface area contributed by atoms with Gasteiger partial charge in [-0.3, -0.25) is 9.69 Å². The highest BCUT2D eigenvalue weighted by atomic mass is 16.5. The number of carbonyl (C=O) groups is 1. The molecule has 0 aliphatic carbocycles. The number of aliphatic hydroxyl groups excluding tert-OH is 1. The number of ether oxygens (including phenoxy) is 1. The fraction of sp³-hybridized carbons (Fsp3) is 0.462. The summed E-state index contributed by atoms with van der Waals surface area (Å²) in [6.45, 7) is 1.71. The third-order valence-corrected chi connectivity index (χ3v) is 3.02. The molecule has 1 heterocycles. The molecule has 1 fully saturated rings. The first kappa shape index (κ1) is 12.1. The Morgan fingerprint density at radius 3 is 2.94 bits per heavy atom. The molecule has 1 aromatic carbocycles. The summed E-state index contributed by atoms with van der Waals surface area (Å²) in [7, 11) is 1.56. The predicted molar refractivity (Wildman–Crippen MR) is 64.4 cm³/mol. The van der Waals surface area contributed by atoms with Crippen LogP contribution in [0.4, 0.5) is 0 Å². The van der Waals surface area contributed by atoms with Gasteiger partial charge in [-0.05, 0) is 18.6 Å². The molecular weight excluding hydrogens is 218 g/mol. The molecule has 1 N–H and O–H groups in total. The second-order valence-corrected chi connectivity index (χ2v) is 4.30. The zero-order valence-electron chi connectivity index (χ0n) is 9.93. The third kappa shape index (κ3) is 2.84. The van der Waals surface area contributed by atoms with E-state index in [0.717, 1.165) is 13.0 Å². The van der Waals surface area contributed by atoms with Gasteiger partial charge in [-0.15, -0.1) is 0 Å². The summed E-state index contributed by atoms with van der Waals surface area (Å²) in [5, 5.41) is 9.41. The van der Waals surface area contributed by atoms with Crippen LogP contribution in [0.2, 0.25) is 0 Å². The highest BCUT2D eigenvalue weighted by molar-refractivity contribution is 6.00. The van der Waals surface area contributed by atoms with Crippen molar-refractivity contribution in [2.24, 2.45) is 0 Å². The van der Waals surface area contributed by atoms with E-state index < -0.39 is 0 Å². The highest BCUT2D eigenvalue weighted by Crippen LogP contribution is 2.19. The van der Waals surface area contributed by atoms with Crippen LogP contribution in [0.15, 0.2) is 24.3 Å². The van der Waals surface area contributed by atoms with E-state index in [-0.39, 0.29) is 11.9 Å². The van der Waals surface area contributed by atoms with Crippen LogP contribution < -0.4 is 4.74 Å². The quantitative estimate of drug-likeness (QED) is 0.789. The van der Waals surface area contributed by atoms with Gasteiger partial charge >= 0.3 is 0 Å². The van der Waals surface area contributed by atoms with Crippen molar-refractivity contribution in [2.45, 2.75) is 12.5 Å². The topological polar surface area (TPSA) is 49.8 Å². The van der Waals surface area contributed by atoms with Crippen LogP contribution >= 0.6 is 0 Å². The maximum absolute atomic E-state index is 12.1. The van der Waals surface area contributed by atoms with Crippen LogP contribution in [-0.2, 0) is 0 Å². The van der Waals surface area contributed by atoms with Crippen LogP contribution in [0.3, 0.4) is 0 Å². The molecule has 0 aromatic heterocycles. The molecule has 1 atom stereocenters. The Kier molecular flexibility index (Phi) is 3.76. The van der Waals surface area contributed by atoms with Crippen LogP contribution in [0.25, 0.3) is 0 Å². The molecule has 1 aromatic rings. The smallest absolute Gasteiger partial charge is 0.180 e. The Hall–Kier alpha value is -1.39. The van der Waals surface area contributed by atoms with Gasteiger partial charge in [-0.25, -0.2) is 0 Å². The summed E-state index contributed by atoms with van der Waals surface area (Å²) < 4.78 is 5.16. The van der Waals surface area contributed by atoms with Gasteiger partial charge in [-0.2, -0.15) is 0 Å². The Morgan fingerprint density at radius 2 is 2.29 bits per heavy atom. The number of nitrogens with zero attached hydrogens (tertiary/aromatic N) is 1. The van der Waals surface area contributed by atoms with E-state index in [1.54, 1.807) is 19.2 Å². The Bertz CT molecular complexity index is 405. The lowest BCUT2D eigenvalue weighted by molar-refractivity contribution is 0.0932. The van der Waals surface area contributed by atoms with Gasteiger partial charge in [-0.1, -0.05) is 12.1 Å². The molecule has 4 heteroatoms. The second-order valence-electron chi connectivity index (χ2n) is 4.30. The minimum absolute atomic E-state index is 0.0385. The van der Waals surface area contributed by atoms with Gasteiger partial charge in [0.25, 0.3) is 0 Å². The van der Waals surface area contributed by atoms with Crippen molar-refractivity contribution in [1.29, 1.82) is 0 Å². The van der Waals surface area contributed by atoms with Gasteiger partial charge < -0.3 is 9.84 Å². The monoisotopic (exact) mass is 235 g/mol. The van der Waals surface area contributed by atoms with Gasteiger partial charge in [0.2, 0.25) is 0 Å². The fourth-order valence-electron chi connectivity index (χ4n) is 2.12. The molecule has 0 bridgehead atoms. The van der Waals surface area contributed by atoms with E-state index >= 15 is 0 Å². The van der Waals surface area contributed by atoms with E-state index in [1.165, 1.54) is 0 Å². The number of likely N-dealkylation sites (tertiary alicyclic amines) is 1. The lowest BCUT2D eigenvalue weighted by Gasteiger charge is -2.14. The number of rotatable bonds is 4. The van der Waals surface area contributed by atoms with Crippen molar-refractivity contribution in [3.63, 3.8) is 0 Å². The number of aliphatic hydroxyl groups is 1. The molecule has 0 unspecified atom stereocenters. The maximum Gasteiger partial charge on any atom is 0.180 e. The Morgan fingerprint density at radius 1 is 1.53 bits per heavy atom. The minimum Gasteiger partial charge on any atom is -0.496 e. The summed E-state index contributed by atoms with van der Waals surface area (Å²) in [6, 6.07) is 7.23. The number of para-hydroxylation sites is 1. The van der Waals surface area contributed by atoms with Crippen LogP contribution in [0, 0.1) is 0 Å². The summed E-state index contributed by atoms with van der Waals surface area (Å²) in [5.41, 5.74) is 0.608. The van der Waals surface area contributed by atoms with Crippen molar-refractivity contribution in [3.8, 4) is 5.75 Å². The normalized spacial score (nSPS) is 20.5. The molecule has 4 nitrogen and oxygen atoms in total. The minimum atomic E-state index is -0.291. The molecule has 92 valence electrons. The Labute approximate surface area is 101 Å². The van der Waals surface area contributed by atoms with Crippen molar-refractivity contribution >= 4 is 5.78 Å². The first-order valence-corrected chi connectivity index (χ1v) is 5.77. The SMILES string of the molecule is COc1ccccc1C(=O)CN1CC[C@@H](O)C1. The zero-order chi connectivity index (χ0) is 12.3. The molecule has 2 rings (SSSR count). The van der Waals surface area contributed by atoms with Gasteiger partial charge in [0.15, 0.2) is 5.78 Å². The van der Waals surface area contributed by atoms with Crippen LogP contribution in [-0.4, -0.2) is 48.6 Å². The number of hydrogen-bond acceptors (Lipinski definition) is 4. The molecule has 1 aliphatic rings. The molecule has 0 spiro atoms. The molecule has 17 heavy (non-hydrogen) atoms. The second kappa shape index (κ2) is 5.29. The number of ketones is 1. The highest BCUT2D eigenvalue weighted by Gasteiger charge is 2.23. The first-order valence-electron chi connectivity index (χ1n) is 5.77. The molecular formula is C13H17NO3. The fourth-order valence-corrected chi connectivity index (χ4v) is 2.12. The first-order chi connectivity index (χ1) is 8.20. The number of carbonyl (C=O) groups excluding carboxylic acids is 1. The van der Waals surface area contributed by atoms with Gasteiger partial charge in [0, 0.05) is 13.1 Å². The third-order valence-electron chi connectivity index (χ3n) is 3.02. The van der Waals surface area contributed by atoms with Crippen molar-refractivity contribution < 1.29 is 14.6 Å². The lowest BCUT2D eigenvalue weighted by Crippen LogP contribution is -2.28. The largest absolute Gasteiger partial charge is 0.496 e. The summed E-state index contributed by atoms with van der Waals surface area (Å²) in [4.78, 5) is 14.1. The number of β-amino-alcohol motifs (C(OH)–C–C–N with tert-alkyl or cyclic N) is 1. The van der Waals surface area contributed by atoms with Gasteiger partial charge in [0.1, 0.15) is 5.75 Å². The van der Waals surface area contributed by atoms with Crippen molar-refractivity contribution in [1.82, 2.24) is 4.90 Å². The van der Waals surface area contributed by atoms with Crippen molar-refractivity contribution in [3.05, 3.63) is 29.8 Å². The van der Waals surface area contributed by atoms with Crippen LogP contribution in [0.1, 0.15) is 16.8 Å². The lowest BCUT2D eigenvalue weighted by atomic mass is 10.1. The van der Waals surface area contributed by atoms with E-state index in [4.69, 9.17) is 4.74 Å². The zero-order valence-corrected chi connectivity index (χ0v) is 9.93. The average Bonchev–Trinajstić information content (AvgIpc) is 2.74. The van der Waals surface area contributed by atoms with Crippen LogP contribution in [0.5, 0.6) is 5.75 Å². The standard InChI is InChI=1S/C13H17NO3/c1-17-13-5-3-2-4-11(13)12(16)9-14-7-6-10(15)8-14/h2-5,10,15H,6-9H2,1H3/t10-/m1/s1. The number of benzene rings is 1. The Balaban J connectivity index is 2.04. The number of Topliss-reactive ketones (excluding diaryl/α,β-unsaturated/α-hetero) is 1. The molecule has 1 saturated heterocycles. The van der Waals surface area contributed by atoms with Crippen molar-refractivity contribution in [2.75, 3.05) is 26.7 Å².